The summed E-state index contributed by atoms with van der Waals surface area (Å²) in [6.07, 6.45) is 14.7. The molecule has 1 saturated carbocycles. The molecule has 2 aromatic rings. The van der Waals surface area contributed by atoms with Crippen molar-refractivity contribution in [2.75, 3.05) is 38.0 Å². The number of hydrogen-bond acceptors (Lipinski definition) is 3. The molecule has 0 aliphatic heterocycles. The monoisotopic (exact) mass is 412 g/mol. The Morgan fingerprint density at radius 2 is 1.03 bits per heavy atom. The average molecular weight is 413 g/mol. The quantitative estimate of drug-likeness (QED) is 0.532. The number of anilines is 2. The first-order valence-electron chi connectivity index (χ1n) is 10.8. The summed E-state index contributed by atoms with van der Waals surface area (Å²) in [5.41, 5.74) is 6.39. The van der Waals surface area contributed by atoms with Gasteiger partial charge in [-0.3, -0.25) is 4.79 Å². The number of carbonyl (C=O) groups is 1. The Hall–Kier alpha value is -3.33. The van der Waals surface area contributed by atoms with E-state index < -0.39 is 0 Å². The minimum absolute atomic E-state index is 0.173. The summed E-state index contributed by atoms with van der Waals surface area (Å²) in [6.45, 7) is 0. The summed E-state index contributed by atoms with van der Waals surface area (Å²) in [5.74, 6) is 0.173. The maximum absolute atomic E-state index is 12.8. The third-order valence-electron chi connectivity index (χ3n) is 5.47. The molecule has 160 valence electrons. The van der Waals surface area contributed by atoms with Crippen molar-refractivity contribution in [3.63, 3.8) is 0 Å². The third-order valence-corrected chi connectivity index (χ3v) is 5.47. The summed E-state index contributed by atoms with van der Waals surface area (Å²) in [5, 5.41) is 0. The molecule has 0 saturated heterocycles. The second-order valence-corrected chi connectivity index (χ2v) is 8.26. The van der Waals surface area contributed by atoms with E-state index in [2.05, 4.69) is 70.5 Å². The molecule has 0 radical (unpaired) electrons. The SMILES string of the molecule is CN(C)c1ccc(/C=C/C=C2/CCC/C(=C/C=C/c3ccc(N(C)C)cc3)C2=O)cc1. The van der Waals surface area contributed by atoms with Crippen molar-refractivity contribution >= 4 is 29.3 Å². The Morgan fingerprint density at radius 1 is 0.645 bits per heavy atom. The second-order valence-electron chi connectivity index (χ2n) is 8.26. The zero-order chi connectivity index (χ0) is 22.2. The van der Waals surface area contributed by atoms with E-state index in [4.69, 9.17) is 0 Å². The summed E-state index contributed by atoms with van der Waals surface area (Å²) >= 11 is 0. The summed E-state index contributed by atoms with van der Waals surface area (Å²) in [7, 11) is 8.13. The van der Waals surface area contributed by atoms with Gasteiger partial charge in [0.05, 0.1) is 0 Å². The van der Waals surface area contributed by atoms with Crippen LogP contribution in [0.1, 0.15) is 30.4 Å². The maximum Gasteiger partial charge on any atom is 0.184 e. The van der Waals surface area contributed by atoms with Crippen LogP contribution in [0, 0.1) is 0 Å². The molecule has 1 aliphatic carbocycles. The lowest BCUT2D eigenvalue weighted by Crippen LogP contribution is -2.12. The maximum atomic E-state index is 12.8. The summed E-state index contributed by atoms with van der Waals surface area (Å²) < 4.78 is 0. The molecule has 0 aromatic heterocycles. The second kappa shape index (κ2) is 10.6. The fourth-order valence-corrected chi connectivity index (χ4v) is 3.54. The first-order chi connectivity index (χ1) is 14.9. The highest BCUT2D eigenvalue weighted by Crippen LogP contribution is 2.25. The van der Waals surface area contributed by atoms with E-state index >= 15 is 0 Å². The van der Waals surface area contributed by atoms with Crippen LogP contribution in [0.25, 0.3) is 12.2 Å². The lowest BCUT2D eigenvalue weighted by Gasteiger charge is -2.15. The van der Waals surface area contributed by atoms with Crippen LogP contribution in [0.15, 0.2) is 84.0 Å². The van der Waals surface area contributed by atoms with Crippen molar-refractivity contribution < 1.29 is 4.79 Å². The van der Waals surface area contributed by atoms with E-state index in [9.17, 15) is 4.79 Å². The Kier molecular flexibility index (Phi) is 7.66. The summed E-state index contributed by atoms with van der Waals surface area (Å²) in [6, 6.07) is 16.8. The first-order valence-corrected chi connectivity index (χ1v) is 10.8. The van der Waals surface area contributed by atoms with E-state index in [1.165, 1.54) is 11.4 Å². The summed E-state index contributed by atoms with van der Waals surface area (Å²) in [4.78, 5) is 17.0. The molecule has 0 N–H and O–H groups in total. The molecular formula is C28H32N2O. The smallest absolute Gasteiger partial charge is 0.184 e. The molecule has 0 atom stereocenters. The van der Waals surface area contributed by atoms with Gasteiger partial charge in [-0.25, -0.2) is 0 Å². The van der Waals surface area contributed by atoms with Gasteiger partial charge >= 0.3 is 0 Å². The number of rotatable bonds is 6. The van der Waals surface area contributed by atoms with Gasteiger partial charge in [-0.15, -0.1) is 0 Å². The Bertz CT molecular complexity index is 922. The van der Waals surface area contributed by atoms with Crippen LogP contribution in [-0.4, -0.2) is 34.0 Å². The van der Waals surface area contributed by atoms with E-state index in [0.29, 0.717) is 0 Å². The minimum Gasteiger partial charge on any atom is -0.378 e. The number of ketones is 1. The molecule has 2 aromatic carbocycles. The fraction of sp³-hybridized carbons (Fsp3) is 0.250. The Morgan fingerprint density at radius 3 is 1.39 bits per heavy atom. The number of allylic oxidation sites excluding steroid dienone is 6. The van der Waals surface area contributed by atoms with Gasteiger partial charge in [-0.05, 0) is 65.8 Å². The van der Waals surface area contributed by atoms with Crippen LogP contribution in [0.3, 0.4) is 0 Å². The van der Waals surface area contributed by atoms with Crippen molar-refractivity contribution in [1.82, 2.24) is 0 Å². The molecule has 31 heavy (non-hydrogen) atoms. The molecule has 1 fully saturated rings. The highest BCUT2D eigenvalue weighted by molar-refractivity contribution is 6.09. The number of carbonyl (C=O) groups excluding carboxylic acids is 1. The molecule has 0 spiro atoms. The molecule has 0 bridgehead atoms. The van der Waals surface area contributed by atoms with Crippen molar-refractivity contribution in [2.24, 2.45) is 0 Å². The van der Waals surface area contributed by atoms with E-state index in [1.54, 1.807) is 0 Å². The largest absolute Gasteiger partial charge is 0.378 e. The van der Waals surface area contributed by atoms with Crippen molar-refractivity contribution in [3.05, 3.63) is 95.1 Å². The Balaban J connectivity index is 1.64. The molecule has 3 rings (SSSR count). The van der Waals surface area contributed by atoms with Gasteiger partial charge in [0.1, 0.15) is 0 Å². The average Bonchev–Trinajstić information content (AvgIpc) is 2.76. The van der Waals surface area contributed by atoms with Crippen LogP contribution >= 0.6 is 0 Å². The van der Waals surface area contributed by atoms with Crippen LogP contribution in [0.2, 0.25) is 0 Å². The molecule has 0 unspecified atom stereocenters. The van der Waals surface area contributed by atoms with Gasteiger partial charge in [0.25, 0.3) is 0 Å². The van der Waals surface area contributed by atoms with Gasteiger partial charge in [0.2, 0.25) is 0 Å². The van der Waals surface area contributed by atoms with Gasteiger partial charge < -0.3 is 9.80 Å². The zero-order valence-electron chi connectivity index (χ0n) is 19.0. The molecular weight excluding hydrogens is 380 g/mol. The van der Waals surface area contributed by atoms with Crippen LogP contribution < -0.4 is 9.80 Å². The third kappa shape index (κ3) is 6.32. The van der Waals surface area contributed by atoms with Gasteiger partial charge in [0.15, 0.2) is 5.78 Å². The normalized spacial score (nSPS) is 17.2. The van der Waals surface area contributed by atoms with Crippen molar-refractivity contribution in [2.45, 2.75) is 19.3 Å². The Labute approximate surface area is 186 Å². The molecule has 1 aliphatic rings. The van der Waals surface area contributed by atoms with E-state index in [-0.39, 0.29) is 5.78 Å². The van der Waals surface area contributed by atoms with E-state index in [0.717, 1.165) is 41.5 Å². The van der Waals surface area contributed by atoms with Gasteiger partial charge in [-0.2, -0.15) is 0 Å². The van der Waals surface area contributed by atoms with Gasteiger partial charge in [-0.1, -0.05) is 60.7 Å². The number of nitrogens with zero attached hydrogens (tertiary/aromatic N) is 2. The van der Waals surface area contributed by atoms with Crippen LogP contribution in [0.4, 0.5) is 11.4 Å². The standard InChI is InChI=1S/C28H32N2O/c1-29(2)26-18-14-22(15-19-26)8-5-10-24-12-7-13-25(28(24)31)11-6-9-23-16-20-27(21-17-23)30(3)4/h5-6,8-11,14-21H,7,12-13H2,1-4H3/b8-5+,9-6+,24-10-,25-11-. The van der Waals surface area contributed by atoms with Crippen LogP contribution in [0.5, 0.6) is 0 Å². The predicted octanol–water partition coefficient (Wildman–Crippen LogP) is 6.15. The fourth-order valence-electron chi connectivity index (χ4n) is 3.54. The molecule has 3 heteroatoms. The first kappa shape index (κ1) is 22.4. The predicted molar refractivity (Wildman–Crippen MR) is 135 cm³/mol. The van der Waals surface area contributed by atoms with Crippen molar-refractivity contribution in [1.29, 1.82) is 0 Å². The molecule has 0 heterocycles. The molecule has 0 amide bonds. The van der Waals surface area contributed by atoms with E-state index in [1.807, 2.05) is 52.5 Å². The lowest BCUT2D eigenvalue weighted by atomic mass is 9.88. The zero-order valence-corrected chi connectivity index (χ0v) is 19.0. The lowest BCUT2D eigenvalue weighted by molar-refractivity contribution is -0.113. The number of Topliss-reactive ketones (excluding diaryl/α,β-unsaturated/α-hetero) is 1. The topological polar surface area (TPSA) is 23.6 Å². The minimum atomic E-state index is 0.173. The number of hydrogen-bond donors (Lipinski definition) is 0. The van der Waals surface area contributed by atoms with Crippen LogP contribution in [-0.2, 0) is 4.79 Å². The molecule has 3 nitrogen and oxygen atoms in total. The highest BCUT2D eigenvalue weighted by Gasteiger charge is 2.19. The number of benzene rings is 2. The van der Waals surface area contributed by atoms with Crippen molar-refractivity contribution in [3.8, 4) is 0 Å². The van der Waals surface area contributed by atoms with Gasteiger partial charge in [0, 0.05) is 39.6 Å². The highest BCUT2D eigenvalue weighted by atomic mass is 16.1.